The first kappa shape index (κ1) is 13.1. The number of nitrogens with zero attached hydrogens (tertiary/aromatic N) is 2. The summed E-state index contributed by atoms with van der Waals surface area (Å²) in [5.74, 6) is -0.353. The summed E-state index contributed by atoms with van der Waals surface area (Å²) in [6, 6.07) is 5.14. The van der Waals surface area contributed by atoms with E-state index < -0.39 is 0 Å². The predicted molar refractivity (Wildman–Crippen MR) is 71.9 cm³/mol. The molecule has 0 aliphatic heterocycles. The fraction of sp³-hybridized carbons (Fsp3) is 0.308. The van der Waals surface area contributed by atoms with Gasteiger partial charge in [0.05, 0.1) is 17.3 Å². The van der Waals surface area contributed by atoms with Crippen LogP contribution in [-0.2, 0) is 4.74 Å². The van der Waals surface area contributed by atoms with Gasteiger partial charge in [0, 0.05) is 32.3 Å². The van der Waals surface area contributed by atoms with Gasteiger partial charge >= 0.3 is 0 Å². The van der Waals surface area contributed by atoms with Crippen LogP contribution in [0.5, 0.6) is 0 Å². The number of benzene rings is 1. The zero-order valence-corrected chi connectivity index (χ0v) is 11.0. The van der Waals surface area contributed by atoms with Crippen molar-refractivity contribution in [3.63, 3.8) is 0 Å². The van der Waals surface area contributed by atoms with Crippen molar-refractivity contribution in [2.75, 3.05) is 32.2 Å². The van der Waals surface area contributed by atoms with E-state index in [1.54, 1.807) is 30.2 Å². The Kier molecular flexibility index (Phi) is 3.99. The molecule has 1 aromatic heterocycles. The van der Waals surface area contributed by atoms with E-state index in [2.05, 4.69) is 4.98 Å². The summed E-state index contributed by atoms with van der Waals surface area (Å²) in [7, 11) is 3.43. The first-order valence-electron chi connectivity index (χ1n) is 5.58. The Morgan fingerprint density at radius 3 is 2.89 bits per heavy atom. The lowest BCUT2D eigenvalue weighted by Crippen LogP contribution is -2.23. The van der Waals surface area contributed by atoms with Crippen LogP contribution in [0.2, 0.25) is 5.02 Å². The van der Waals surface area contributed by atoms with Crippen LogP contribution in [0.4, 0.5) is 10.1 Å². The molecule has 0 spiro atoms. The third-order valence-corrected chi connectivity index (χ3v) is 3.15. The Hall–Kier alpha value is -1.39. The van der Waals surface area contributed by atoms with Gasteiger partial charge in [-0.25, -0.2) is 4.39 Å². The number of aromatic nitrogens is 1. The van der Waals surface area contributed by atoms with Gasteiger partial charge in [0.25, 0.3) is 0 Å². The van der Waals surface area contributed by atoms with Gasteiger partial charge in [0.2, 0.25) is 0 Å². The maximum Gasteiger partial charge on any atom is 0.172 e. The van der Waals surface area contributed by atoms with Crippen LogP contribution in [-0.4, -0.2) is 32.3 Å². The first-order chi connectivity index (χ1) is 8.65. The van der Waals surface area contributed by atoms with Crippen LogP contribution < -0.4 is 4.90 Å². The van der Waals surface area contributed by atoms with E-state index in [4.69, 9.17) is 16.3 Å². The molecule has 0 aliphatic rings. The number of likely N-dealkylation sites (N-methyl/N-ethyl adjacent to an activating group) is 1. The van der Waals surface area contributed by atoms with Gasteiger partial charge in [0.1, 0.15) is 5.52 Å². The number of hydrogen-bond acceptors (Lipinski definition) is 3. The van der Waals surface area contributed by atoms with Crippen LogP contribution in [0.1, 0.15) is 0 Å². The second-order valence-electron chi connectivity index (χ2n) is 4.00. The molecule has 0 unspecified atom stereocenters. The molecule has 3 nitrogen and oxygen atoms in total. The molecule has 1 aromatic carbocycles. The summed E-state index contributed by atoms with van der Waals surface area (Å²) < 4.78 is 19.3. The molecule has 96 valence electrons. The number of anilines is 1. The molecule has 18 heavy (non-hydrogen) atoms. The Morgan fingerprint density at radius 2 is 2.17 bits per heavy atom. The number of pyridine rings is 1. The maximum absolute atomic E-state index is 14.3. The standard InChI is InChI=1S/C13H14ClFN2O/c1-17(7-8-18-2)11-4-3-9-10(14)5-6-16-13(9)12(11)15/h3-6H,7-8H2,1-2H3. The molecule has 0 fully saturated rings. The van der Waals surface area contributed by atoms with Gasteiger partial charge in [-0.2, -0.15) is 0 Å². The second-order valence-corrected chi connectivity index (χ2v) is 4.41. The fourth-order valence-electron chi connectivity index (χ4n) is 1.78. The van der Waals surface area contributed by atoms with Crippen LogP contribution in [0.3, 0.4) is 0 Å². The summed E-state index contributed by atoms with van der Waals surface area (Å²) in [5, 5.41) is 1.13. The fourth-order valence-corrected chi connectivity index (χ4v) is 1.99. The molecule has 1 heterocycles. The first-order valence-corrected chi connectivity index (χ1v) is 5.95. The highest BCUT2D eigenvalue weighted by atomic mass is 35.5. The quantitative estimate of drug-likeness (QED) is 0.852. The van der Waals surface area contributed by atoms with Crippen molar-refractivity contribution < 1.29 is 9.13 Å². The number of hydrogen-bond donors (Lipinski definition) is 0. The van der Waals surface area contributed by atoms with Crippen molar-refractivity contribution in [2.24, 2.45) is 0 Å². The molecule has 0 saturated heterocycles. The molecule has 0 atom stereocenters. The van der Waals surface area contributed by atoms with E-state index in [0.29, 0.717) is 34.8 Å². The highest BCUT2D eigenvalue weighted by Crippen LogP contribution is 2.29. The average Bonchev–Trinajstić information content (AvgIpc) is 2.37. The largest absolute Gasteiger partial charge is 0.383 e. The summed E-state index contributed by atoms with van der Waals surface area (Å²) >= 11 is 6.00. The number of methoxy groups -OCH3 is 1. The lowest BCUT2D eigenvalue weighted by molar-refractivity contribution is 0.206. The molecule has 0 amide bonds. The number of halogens is 2. The monoisotopic (exact) mass is 268 g/mol. The summed E-state index contributed by atoms with van der Waals surface area (Å²) in [6.45, 7) is 1.15. The zero-order chi connectivity index (χ0) is 13.1. The predicted octanol–water partition coefficient (Wildman–Crippen LogP) is 3.11. The van der Waals surface area contributed by atoms with Crippen molar-refractivity contribution >= 4 is 28.2 Å². The Balaban J connectivity index is 2.45. The summed E-state index contributed by atoms with van der Waals surface area (Å²) in [6.07, 6.45) is 1.51. The minimum atomic E-state index is -0.353. The molecule has 5 heteroatoms. The normalized spacial score (nSPS) is 10.9. The van der Waals surface area contributed by atoms with E-state index in [1.807, 2.05) is 7.05 Å². The van der Waals surface area contributed by atoms with Gasteiger partial charge in [-0.1, -0.05) is 11.6 Å². The SMILES string of the molecule is COCCN(C)c1ccc2c(Cl)ccnc2c1F. The van der Waals surface area contributed by atoms with E-state index in [1.165, 1.54) is 6.20 Å². The molecule has 0 saturated carbocycles. The highest BCUT2D eigenvalue weighted by molar-refractivity contribution is 6.35. The van der Waals surface area contributed by atoms with E-state index in [0.717, 1.165) is 0 Å². The number of fused-ring (bicyclic) bond motifs is 1. The Morgan fingerprint density at radius 1 is 1.39 bits per heavy atom. The van der Waals surface area contributed by atoms with Gasteiger partial charge in [-0.15, -0.1) is 0 Å². The summed E-state index contributed by atoms with van der Waals surface area (Å²) in [4.78, 5) is 5.84. The number of ether oxygens (including phenoxy) is 1. The second kappa shape index (κ2) is 5.50. The van der Waals surface area contributed by atoms with Crippen LogP contribution in [0, 0.1) is 5.82 Å². The smallest absolute Gasteiger partial charge is 0.172 e. The van der Waals surface area contributed by atoms with Crippen molar-refractivity contribution in [3.05, 3.63) is 35.2 Å². The Bertz CT molecular complexity index is 562. The van der Waals surface area contributed by atoms with Crippen LogP contribution in [0.25, 0.3) is 10.9 Å². The number of rotatable bonds is 4. The molecular weight excluding hydrogens is 255 g/mol. The topological polar surface area (TPSA) is 25.4 Å². The van der Waals surface area contributed by atoms with Gasteiger partial charge in [-0.05, 0) is 18.2 Å². The van der Waals surface area contributed by atoms with Gasteiger partial charge in [-0.3, -0.25) is 4.98 Å². The van der Waals surface area contributed by atoms with Crippen molar-refractivity contribution in [1.29, 1.82) is 0 Å². The zero-order valence-electron chi connectivity index (χ0n) is 10.3. The van der Waals surface area contributed by atoms with Gasteiger partial charge in [0.15, 0.2) is 5.82 Å². The third-order valence-electron chi connectivity index (χ3n) is 2.82. The molecule has 0 radical (unpaired) electrons. The molecular formula is C13H14ClFN2O. The molecule has 2 rings (SSSR count). The van der Waals surface area contributed by atoms with E-state index >= 15 is 0 Å². The van der Waals surface area contributed by atoms with E-state index in [-0.39, 0.29) is 5.82 Å². The minimum Gasteiger partial charge on any atom is -0.383 e. The van der Waals surface area contributed by atoms with Crippen molar-refractivity contribution in [2.45, 2.75) is 0 Å². The summed E-state index contributed by atoms with van der Waals surface area (Å²) in [5.41, 5.74) is 0.790. The molecule has 0 bridgehead atoms. The lowest BCUT2D eigenvalue weighted by Gasteiger charge is -2.20. The average molecular weight is 269 g/mol. The molecule has 0 aliphatic carbocycles. The maximum atomic E-state index is 14.3. The van der Waals surface area contributed by atoms with Crippen LogP contribution >= 0.6 is 11.6 Å². The molecule has 2 aromatic rings. The Labute approximate surface area is 110 Å². The molecule has 0 N–H and O–H groups in total. The minimum absolute atomic E-state index is 0.296. The lowest BCUT2D eigenvalue weighted by atomic mass is 10.2. The van der Waals surface area contributed by atoms with Crippen molar-refractivity contribution in [1.82, 2.24) is 4.98 Å². The van der Waals surface area contributed by atoms with E-state index in [9.17, 15) is 4.39 Å². The highest BCUT2D eigenvalue weighted by Gasteiger charge is 2.13. The van der Waals surface area contributed by atoms with Crippen molar-refractivity contribution in [3.8, 4) is 0 Å². The van der Waals surface area contributed by atoms with Gasteiger partial charge < -0.3 is 9.64 Å². The third kappa shape index (κ3) is 2.40. The van der Waals surface area contributed by atoms with Crippen LogP contribution in [0.15, 0.2) is 24.4 Å².